The molecule has 2 rings (SSSR count). The molecule has 4 heteroatoms. The van der Waals surface area contributed by atoms with Gasteiger partial charge in [0.15, 0.2) is 0 Å². The minimum absolute atomic E-state index is 0.0180. The normalized spacial score (nSPS) is 14.9. The number of benzene rings is 1. The van der Waals surface area contributed by atoms with E-state index in [-0.39, 0.29) is 5.91 Å². The first-order chi connectivity index (χ1) is 9.00. The van der Waals surface area contributed by atoms with Crippen LogP contribution >= 0.6 is 0 Å². The van der Waals surface area contributed by atoms with Crippen molar-refractivity contribution < 1.29 is 9.53 Å². The Kier molecular flexibility index (Phi) is 4.22. The van der Waals surface area contributed by atoms with E-state index in [1.54, 1.807) is 7.11 Å². The molecule has 4 nitrogen and oxygen atoms in total. The minimum atomic E-state index is -0.431. The van der Waals surface area contributed by atoms with Gasteiger partial charge in [0.05, 0.1) is 12.0 Å². The van der Waals surface area contributed by atoms with Gasteiger partial charge in [-0.1, -0.05) is 6.07 Å². The molecule has 0 bridgehead atoms. The number of amides is 1. The summed E-state index contributed by atoms with van der Waals surface area (Å²) < 4.78 is 5.27. The third-order valence-electron chi connectivity index (χ3n) is 3.52. The molecular weight excluding hydrogens is 240 g/mol. The lowest BCUT2D eigenvalue weighted by Gasteiger charge is -2.22. The van der Waals surface area contributed by atoms with Gasteiger partial charge < -0.3 is 15.4 Å². The maximum Gasteiger partial charge on any atom is 0.227 e. The van der Waals surface area contributed by atoms with E-state index < -0.39 is 5.60 Å². The second-order valence-electron chi connectivity index (χ2n) is 5.60. The highest BCUT2D eigenvalue weighted by atomic mass is 16.5. The number of anilines is 1. The molecule has 0 spiro atoms. The molecule has 1 heterocycles. The van der Waals surface area contributed by atoms with Crippen LogP contribution < -0.4 is 10.6 Å². The maximum atomic E-state index is 11.9. The molecule has 19 heavy (non-hydrogen) atoms. The van der Waals surface area contributed by atoms with E-state index in [1.807, 2.05) is 19.9 Å². The van der Waals surface area contributed by atoms with Crippen LogP contribution in [0.15, 0.2) is 18.2 Å². The Balaban J connectivity index is 2.01. The highest BCUT2D eigenvalue weighted by molar-refractivity contribution is 5.91. The van der Waals surface area contributed by atoms with Crippen molar-refractivity contribution in [2.24, 2.45) is 0 Å². The Hall–Kier alpha value is -1.39. The summed E-state index contributed by atoms with van der Waals surface area (Å²) in [4.78, 5) is 11.9. The van der Waals surface area contributed by atoms with Gasteiger partial charge in [-0.25, -0.2) is 0 Å². The zero-order valence-electron chi connectivity index (χ0n) is 11.9. The van der Waals surface area contributed by atoms with Crippen molar-refractivity contribution in [3.8, 4) is 0 Å². The molecule has 1 aromatic rings. The molecule has 1 aliphatic heterocycles. The summed E-state index contributed by atoms with van der Waals surface area (Å²) in [6, 6.07) is 6.13. The van der Waals surface area contributed by atoms with Crippen LogP contribution in [0.1, 0.15) is 31.4 Å². The van der Waals surface area contributed by atoms with Gasteiger partial charge in [-0.2, -0.15) is 0 Å². The molecule has 0 radical (unpaired) electrons. The number of carbonyl (C=O) groups is 1. The lowest BCUT2D eigenvalue weighted by molar-refractivity contribution is -0.121. The topological polar surface area (TPSA) is 50.4 Å². The Morgan fingerprint density at radius 1 is 1.42 bits per heavy atom. The monoisotopic (exact) mass is 262 g/mol. The number of ether oxygens (including phenoxy) is 1. The van der Waals surface area contributed by atoms with E-state index in [9.17, 15) is 4.79 Å². The van der Waals surface area contributed by atoms with Crippen LogP contribution in [0.2, 0.25) is 0 Å². The second kappa shape index (κ2) is 5.72. The lowest BCUT2D eigenvalue weighted by Crippen LogP contribution is -2.29. The minimum Gasteiger partial charge on any atom is -0.378 e. The molecule has 1 amide bonds. The number of hydrogen-bond donors (Lipinski definition) is 2. The van der Waals surface area contributed by atoms with Crippen LogP contribution in [-0.2, 0) is 22.5 Å². The summed E-state index contributed by atoms with van der Waals surface area (Å²) in [7, 11) is 1.62. The first kappa shape index (κ1) is 14.0. The molecule has 1 aromatic carbocycles. The largest absolute Gasteiger partial charge is 0.378 e. The van der Waals surface area contributed by atoms with Gasteiger partial charge in [0, 0.05) is 19.3 Å². The summed E-state index contributed by atoms with van der Waals surface area (Å²) in [5.41, 5.74) is 3.07. The van der Waals surface area contributed by atoms with Crippen molar-refractivity contribution in [2.75, 3.05) is 19.0 Å². The number of rotatable bonds is 4. The first-order valence-electron chi connectivity index (χ1n) is 6.68. The maximum absolute atomic E-state index is 11.9. The Bertz CT molecular complexity index is 469. The molecule has 1 aliphatic rings. The molecule has 0 fully saturated rings. The second-order valence-corrected chi connectivity index (χ2v) is 5.60. The average Bonchev–Trinajstić information content (AvgIpc) is 2.38. The van der Waals surface area contributed by atoms with Gasteiger partial charge in [0.2, 0.25) is 5.91 Å². The van der Waals surface area contributed by atoms with Crippen molar-refractivity contribution >= 4 is 11.6 Å². The highest BCUT2D eigenvalue weighted by Gasteiger charge is 2.21. The summed E-state index contributed by atoms with van der Waals surface area (Å²) in [6.45, 7) is 5.72. The lowest BCUT2D eigenvalue weighted by atomic mass is 10.00. The van der Waals surface area contributed by atoms with Gasteiger partial charge in [0.1, 0.15) is 0 Å². The summed E-state index contributed by atoms with van der Waals surface area (Å²) in [6.07, 6.45) is 1.40. The SMILES string of the molecule is COC(C)(C)CC(=O)Nc1ccc2c(c1)CNCC2. The van der Waals surface area contributed by atoms with Crippen LogP contribution in [0.3, 0.4) is 0 Å². The average molecular weight is 262 g/mol. The van der Waals surface area contributed by atoms with Crippen molar-refractivity contribution in [2.45, 2.75) is 38.8 Å². The predicted octanol–water partition coefficient (Wildman–Crippen LogP) is 2.09. The summed E-state index contributed by atoms with van der Waals surface area (Å²) >= 11 is 0. The molecule has 2 N–H and O–H groups in total. The van der Waals surface area contributed by atoms with E-state index in [4.69, 9.17) is 4.74 Å². The molecular formula is C15H22N2O2. The van der Waals surface area contributed by atoms with Crippen LogP contribution in [0, 0.1) is 0 Å². The molecule has 104 valence electrons. The van der Waals surface area contributed by atoms with Crippen LogP contribution in [0.25, 0.3) is 0 Å². The quantitative estimate of drug-likeness (QED) is 0.873. The summed E-state index contributed by atoms with van der Waals surface area (Å²) in [5, 5.41) is 6.27. The van der Waals surface area contributed by atoms with Crippen LogP contribution in [-0.4, -0.2) is 25.2 Å². The van der Waals surface area contributed by atoms with Crippen LogP contribution in [0.4, 0.5) is 5.69 Å². The summed E-state index contributed by atoms with van der Waals surface area (Å²) in [5.74, 6) is -0.0180. The van der Waals surface area contributed by atoms with Crippen molar-refractivity contribution in [3.63, 3.8) is 0 Å². The van der Waals surface area contributed by atoms with E-state index in [0.29, 0.717) is 6.42 Å². The van der Waals surface area contributed by atoms with E-state index in [2.05, 4.69) is 22.8 Å². The Morgan fingerprint density at radius 2 is 2.21 bits per heavy atom. The van der Waals surface area contributed by atoms with Gasteiger partial charge in [-0.3, -0.25) is 4.79 Å². The third-order valence-corrected chi connectivity index (χ3v) is 3.52. The fourth-order valence-electron chi connectivity index (χ4n) is 2.22. The van der Waals surface area contributed by atoms with Crippen LogP contribution in [0.5, 0.6) is 0 Å². The standard InChI is InChI=1S/C15H22N2O2/c1-15(2,19-3)9-14(18)17-13-5-4-11-6-7-16-10-12(11)8-13/h4-5,8,16H,6-7,9-10H2,1-3H3,(H,17,18). The smallest absolute Gasteiger partial charge is 0.227 e. The zero-order valence-corrected chi connectivity index (χ0v) is 11.9. The number of carbonyl (C=O) groups excluding carboxylic acids is 1. The zero-order chi connectivity index (χ0) is 13.9. The van der Waals surface area contributed by atoms with Crippen molar-refractivity contribution in [3.05, 3.63) is 29.3 Å². The molecule has 0 aromatic heterocycles. The number of nitrogens with one attached hydrogen (secondary N) is 2. The van der Waals surface area contributed by atoms with Gasteiger partial charge in [-0.05, 0) is 50.1 Å². The Labute approximate surface area is 114 Å². The molecule has 0 unspecified atom stereocenters. The first-order valence-corrected chi connectivity index (χ1v) is 6.68. The highest BCUT2D eigenvalue weighted by Crippen LogP contribution is 2.20. The molecule has 0 atom stereocenters. The molecule has 0 aliphatic carbocycles. The van der Waals surface area contributed by atoms with E-state index in [1.165, 1.54) is 11.1 Å². The van der Waals surface area contributed by atoms with E-state index in [0.717, 1.165) is 25.2 Å². The fourth-order valence-corrected chi connectivity index (χ4v) is 2.22. The molecule has 0 saturated carbocycles. The predicted molar refractivity (Wildman–Crippen MR) is 76.2 cm³/mol. The van der Waals surface area contributed by atoms with Gasteiger partial charge in [0.25, 0.3) is 0 Å². The third kappa shape index (κ3) is 3.78. The number of methoxy groups -OCH3 is 1. The van der Waals surface area contributed by atoms with Crippen molar-refractivity contribution in [1.82, 2.24) is 5.32 Å². The van der Waals surface area contributed by atoms with Gasteiger partial charge >= 0.3 is 0 Å². The molecule has 0 saturated heterocycles. The van der Waals surface area contributed by atoms with Gasteiger partial charge in [-0.15, -0.1) is 0 Å². The Morgan fingerprint density at radius 3 is 2.95 bits per heavy atom. The number of hydrogen-bond acceptors (Lipinski definition) is 3. The van der Waals surface area contributed by atoms with E-state index >= 15 is 0 Å². The number of fused-ring (bicyclic) bond motifs is 1. The fraction of sp³-hybridized carbons (Fsp3) is 0.533. The van der Waals surface area contributed by atoms with Crippen molar-refractivity contribution in [1.29, 1.82) is 0 Å².